The zero-order valence-corrected chi connectivity index (χ0v) is 11.7. The third kappa shape index (κ3) is 2.76. The van der Waals surface area contributed by atoms with Crippen molar-refractivity contribution in [2.45, 2.75) is 25.2 Å². The average molecular weight is 290 g/mol. The number of carbonyl (C=O) groups is 2. The Labute approximate surface area is 122 Å². The summed E-state index contributed by atoms with van der Waals surface area (Å²) >= 11 is 0. The normalized spacial score (nSPS) is 21.8. The van der Waals surface area contributed by atoms with E-state index in [0.717, 1.165) is 30.7 Å². The Balaban J connectivity index is 1.70. The maximum Gasteiger partial charge on any atom is 0.269 e. The van der Waals surface area contributed by atoms with Gasteiger partial charge in [-0.05, 0) is 18.9 Å². The topological polar surface area (TPSA) is 101 Å². The molecule has 1 aromatic heterocycles. The fourth-order valence-electron chi connectivity index (χ4n) is 2.84. The van der Waals surface area contributed by atoms with Gasteiger partial charge in [0.15, 0.2) is 0 Å². The minimum atomic E-state index is -0.547. The Morgan fingerprint density at radius 1 is 1.48 bits per heavy atom. The molecule has 2 aliphatic rings. The molecule has 3 rings (SSSR count). The summed E-state index contributed by atoms with van der Waals surface area (Å²) in [6.45, 7) is 1.96. The minimum Gasteiger partial charge on any atom is -0.500 e. The molecule has 3 N–H and O–H groups in total. The average Bonchev–Trinajstić information content (AvgIpc) is 3.18. The molecule has 1 saturated heterocycles. The van der Waals surface area contributed by atoms with Gasteiger partial charge in [0, 0.05) is 31.1 Å². The number of H-pyrrole nitrogens is 1. The molecule has 1 aromatic rings. The second-order valence-corrected chi connectivity index (χ2v) is 5.43. The molecule has 7 heteroatoms. The molecule has 0 spiro atoms. The lowest BCUT2D eigenvalue weighted by atomic mass is 9.94. The largest absolute Gasteiger partial charge is 0.500 e. The van der Waals surface area contributed by atoms with Crippen LogP contribution in [0.25, 0.3) is 0 Å². The van der Waals surface area contributed by atoms with E-state index in [4.69, 9.17) is 10.5 Å². The smallest absolute Gasteiger partial charge is 0.269 e. The Morgan fingerprint density at radius 3 is 3.00 bits per heavy atom. The number of amides is 2. The Morgan fingerprint density at radius 2 is 2.33 bits per heavy atom. The van der Waals surface area contributed by atoms with E-state index >= 15 is 0 Å². The van der Waals surface area contributed by atoms with Crippen molar-refractivity contribution in [2.24, 2.45) is 5.73 Å². The number of ether oxygens (including phenoxy) is 1. The highest BCUT2D eigenvalue weighted by molar-refractivity contribution is 5.93. The third-order valence-electron chi connectivity index (χ3n) is 3.99. The maximum absolute atomic E-state index is 12.4. The van der Waals surface area contributed by atoms with Gasteiger partial charge in [-0.2, -0.15) is 5.10 Å². The van der Waals surface area contributed by atoms with Crippen LogP contribution in [-0.2, 0) is 9.53 Å². The van der Waals surface area contributed by atoms with E-state index < -0.39 is 5.91 Å². The summed E-state index contributed by atoms with van der Waals surface area (Å²) in [6, 6.07) is 1.68. The summed E-state index contributed by atoms with van der Waals surface area (Å²) in [6.07, 6.45) is 4.12. The van der Waals surface area contributed by atoms with Crippen LogP contribution < -0.4 is 5.73 Å². The van der Waals surface area contributed by atoms with Gasteiger partial charge in [-0.1, -0.05) is 0 Å². The molecular formula is C14H18N4O3. The molecule has 2 aliphatic heterocycles. The number of primary amides is 1. The van der Waals surface area contributed by atoms with Crippen LogP contribution in [-0.4, -0.2) is 46.6 Å². The number of nitrogens with two attached hydrogens (primary N) is 1. The molecule has 1 atom stereocenters. The van der Waals surface area contributed by atoms with Gasteiger partial charge in [0.2, 0.25) is 0 Å². The van der Waals surface area contributed by atoms with E-state index in [9.17, 15) is 9.59 Å². The van der Waals surface area contributed by atoms with Crippen LogP contribution >= 0.6 is 0 Å². The van der Waals surface area contributed by atoms with Gasteiger partial charge in [0.05, 0.1) is 18.4 Å². The van der Waals surface area contributed by atoms with E-state index in [1.54, 1.807) is 12.3 Å². The molecule has 112 valence electrons. The fourth-order valence-corrected chi connectivity index (χ4v) is 2.84. The summed E-state index contributed by atoms with van der Waals surface area (Å²) in [5, 5.41) is 6.76. The molecule has 21 heavy (non-hydrogen) atoms. The second kappa shape index (κ2) is 5.59. The van der Waals surface area contributed by atoms with E-state index in [-0.39, 0.29) is 17.5 Å². The number of hydrogen-bond acceptors (Lipinski definition) is 4. The summed E-state index contributed by atoms with van der Waals surface area (Å²) < 4.78 is 5.13. The number of likely N-dealkylation sites (tertiary alicyclic amines) is 1. The third-order valence-corrected chi connectivity index (χ3v) is 3.99. The number of carbonyl (C=O) groups excluding carboxylic acids is 2. The monoisotopic (exact) mass is 290 g/mol. The van der Waals surface area contributed by atoms with Crippen molar-refractivity contribution in [3.8, 4) is 0 Å². The molecular weight excluding hydrogens is 272 g/mol. The molecule has 0 radical (unpaired) electrons. The van der Waals surface area contributed by atoms with Gasteiger partial charge in [0.25, 0.3) is 11.8 Å². The van der Waals surface area contributed by atoms with Gasteiger partial charge < -0.3 is 15.4 Å². The van der Waals surface area contributed by atoms with Crippen molar-refractivity contribution in [1.82, 2.24) is 15.1 Å². The molecule has 0 bridgehead atoms. The maximum atomic E-state index is 12.4. The SMILES string of the molecule is NC(=O)c1cc([C@@H]2CCCN(C(=O)C3=COCC3)C2)[nH]n1. The van der Waals surface area contributed by atoms with Gasteiger partial charge >= 0.3 is 0 Å². The van der Waals surface area contributed by atoms with Crippen molar-refractivity contribution in [3.63, 3.8) is 0 Å². The molecule has 3 heterocycles. The standard InChI is InChI=1S/C14H18N4O3/c15-13(19)12-6-11(16-17-12)9-2-1-4-18(7-9)14(20)10-3-5-21-8-10/h6,8-9H,1-5,7H2,(H2,15,19)(H,16,17)/t9-/m1/s1. The zero-order chi connectivity index (χ0) is 14.8. The minimum absolute atomic E-state index is 0.0480. The molecule has 0 unspecified atom stereocenters. The van der Waals surface area contributed by atoms with Crippen LogP contribution in [0.2, 0.25) is 0 Å². The second-order valence-electron chi connectivity index (χ2n) is 5.43. The van der Waals surface area contributed by atoms with Crippen molar-refractivity contribution < 1.29 is 14.3 Å². The number of nitrogens with one attached hydrogen (secondary N) is 1. The number of rotatable bonds is 3. The lowest BCUT2D eigenvalue weighted by Crippen LogP contribution is -2.39. The highest BCUT2D eigenvalue weighted by Crippen LogP contribution is 2.27. The van der Waals surface area contributed by atoms with Crippen molar-refractivity contribution in [1.29, 1.82) is 0 Å². The number of aromatic amines is 1. The van der Waals surface area contributed by atoms with Crippen LogP contribution in [0, 0.1) is 0 Å². The van der Waals surface area contributed by atoms with Gasteiger partial charge in [-0.25, -0.2) is 0 Å². The number of aromatic nitrogens is 2. The van der Waals surface area contributed by atoms with Crippen LogP contribution in [0.15, 0.2) is 17.9 Å². The summed E-state index contributed by atoms with van der Waals surface area (Å²) in [5.74, 6) is -0.340. The predicted octanol–water partition coefficient (Wildman–Crippen LogP) is 0.519. The van der Waals surface area contributed by atoms with Gasteiger partial charge in [-0.15, -0.1) is 0 Å². The van der Waals surface area contributed by atoms with Crippen LogP contribution in [0.4, 0.5) is 0 Å². The van der Waals surface area contributed by atoms with Crippen molar-refractivity contribution >= 4 is 11.8 Å². The first-order valence-electron chi connectivity index (χ1n) is 7.10. The van der Waals surface area contributed by atoms with E-state index in [0.29, 0.717) is 19.6 Å². The van der Waals surface area contributed by atoms with E-state index in [2.05, 4.69) is 10.2 Å². The number of piperidine rings is 1. The lowest BCUT2D eigenvalue weighted by molar-refractivity contribution is -0.128. The Hall–Kier alpha value is -2.31. The molecule has 0 saturated carbocycles. The summed E-state index contributed by atoms with van der Waals surface area (Å²) in [5.41, 5.74) is 7.04. The van der Waals surface area contributed by atoms with Crippen LogP contribution in [0.5, 0.6) is 0 Å². The first kappa shape index (κ1) is 13.7. The highest BCUT2D eigenvalue weighted by atomic mass is 16.5. The van der Waals surface area contributed by atoms with E-state index in [1.807, 2.05) is 4.90 Å². The Bertz CT molecular complexity index is 593. The van der Waals surface area contributed by atoms with Crippen molar-refractivity contribution in [3.05, 3.63) is 29.3 Å². The molecule has 0 aliphatic carbocycles. The number of hydrogen-bond donors (Lipinski definition) is 2. The molecule has 0 aromatic carbocycles. The predicted molar refractivity (Wildman–Crippen MR) is 74.3 cm³/mol. The fraction of sp³-hybridized carbons (Fsp3) is 0.500. The first-order chi connectivity index (χ1) is 10.1. The van der Waals surface area contributed by atoms with Crippen LogP contribution in [0.3, 0.4) is 0 Å². The van der Waals surface area contributed by atoms with Crippen LogP contribution in [0.1, 0.15) is 41.4 Å². The summed E-state index contributed by atoms with van der Waals surface area (Å²) in [4.78, 5) is 25.3. The molecule has 2 amide bonds. The lowest BCUT2D eigenvalue weighted by Gasteiger charge is -2.32. The zero-order valence-electron chi connectivity index (χ0n) is 11.7. The van der Waals surface area contributed by atoms with E-state index in [1.165, 1.54) is 0 Å². The molecule has 7 nitrogen and oxygen atoms in total. The first-order valence-corrected chi connectivity index (χ1v) is 7.10. The molecule has 1 fully saturated rings. The van der Waals surface area contributed by atoms with Gasteiger partial charge in [-0.3, -0.25) is 14.7 Å². The van der Waals surface area contributed by atoms with Gasteiger partial charge in [0.1, 0.15) is 5.69 Å². The van der Waals surface area contributed by atoms with Crippen molar-refractivity contribution in [2.75, 3.05) is 19.7 Å². The Kier molecular flexibility index (Phi) is 3.64. The highest BCUT2D eigenvalue weighted by Gasteiger charge is 2.28. The quantitative estimate of drug-likeness (QED) is 0.847. The number of nitrogens with zero attached hydrogens (tertiary/aromatic N) is 2. The summed E-state index contributed by atoms with van der Waals surface area (Å²) in [7, 11) is 0.